The van der Waals surface area contributed by atoms with Crippen LogP contribution in [-0.4, -0.2) is 17.7 Å². The molecular formula is C14H18ClNOS. The van der Waals surface area contributed by atoms with Crippen LogP contribution in [0.25, 0.3) is 0 Å². The van der Waals surface area contributed by atoms with Gasteiger partial charge in [0, 0.05) is 10.8 Å². The molecule has 18 heavy (non-hydrogen) atoms. The summed E-state index contributed by atoms with van der Waals surface area (Å²) in [6, 6.07) is 7.73. The highest BCUT2D eigenvalue weighted by Gasteiger charge is 2.19. The van der Waals surface area contributed by atoms with Crippen LogP contribution in [-0.2, 0) is 10.5 Å². The van der Waals surface area contributed by atoms with Crippen LogP contribution >= 0.6 is 23.4 Å². The van der Waals surface area contributed by atoms with Gasteiger partial charge < -0.3 is 5.32 Å². The Morgan fingerprint density at radius 1 is 1.28 bits per heavy atom. The van der Waals surface area contributed by atoms with Crippen molar-refractivity contribution in [2.24, 2.45) is 0 Å². The molecule has 2 nitrogen and oxygen atoms in total. The number of benzene rings is 1. The molecule has 0 saturated carbocycles. The van der Waals surface area contributed by atoms with Crippen LogP contribution in [0, 0.1) is 0 Å². The summed E-state index contributed by atoms with van der Waals surface area (Å²) in [5, 5.41) is 4.34. The third-order valence-corrected chi connectivity index (χ3v) is 4.44. The fourth-order valence-electron chi connectivity index (χ4n) is 2.07. The van der Waals surface area contributed by atoms with Gasteiger partial charge in [-0.25, -0.2) is 0 Å². The molecular weight excluding hydrogens is 266 g/mol. The van der Waals surface area contributed by atoms with Gasteiger partial charge in [0.2, 0.25) is 5.12 Å². The first-order valence-electron chi connectivity index (χ1n) is 6.40. The van der Waals surface area contributed by atoms with Gasteiger partial charge >= 0.3 is 0 Å². The van der Waals surface area contributed by atoms with Crippen LogP contribution < -0.4 is 5.32 Å². The van der Waals surface area contributed by atoms with Crippen LogP contribution in [0.3, 0.4) is 0 Å². The molecule has 0 bridgehead atoms. The number of carbonyl (C=O) groups is 1. The minimum atomic E-state index is 0.0461. The summed E-state index contributed by atoms with van der Waals surface area (Å²) in [7, 11) is 0. The number of nitrogens with one attached hydrogen (secondary N) is 1. The summed E-state index contributed by atoms with van der Waals surface area (Å²) in [5.74, 6) is 0.730. The van der Waals surface area contributed by atoms with Crippen molar-refractivity contribution in [1.82, 2.24) is 5.32 Å². The first-order valence-corrected chi connectivity index (χ1v) is 7.76. The average Bonchev–Trinajstić information content (AvgIpc) is 2.66. The van der Waals surface area contributed by atoms with Crippen LogP contribution in [0.4, 0.5) is 0 Å². The van der Waals surface area contributed by atoms with Crippen LogP contribution in [0.5, 0.6) is 0 Å². The lowest BCUT2D eigenvalue weighted by Gasteiger charge is -2.13. The van der Waals surface area contributed by atoms with E-state index in [-0.39, 0.29) is 11.2 Å². The highest BCUT2D eigenvalue weighted by molar-refractivity contribution is 8.13. The third-order valence-electron chi connectivity index (χ3n) is 3.14. The molecule has 1 aliphatic rings. The Kier molecular flexibility index (Phi) is 5.54. The Balaban J connectivity index is 1.81. The van der Waals surface area contributed by atoms with E-state index < -0.39 is 0 Å². The standard InChI is InChI=1S/C14H18ClNOS/c15-12-7-5-11(6-8-12)10-18-14(17)13-4-2-1-3-9-16-13/h5-8,13,16H,1-4,9-10H2. The number of thioether (sulfide) groups is 1. The molecule has 0 radical (unpaired) electrons. The Bertz CT molecular complexity index is 385. The van der Waals surface area contributed by atoms with Crippen LogP contribution in [0.2, 0.25) is 5.02 Å². The minimum Gasteiger partial charge on any atom is -0.307 e. The SMILES string of the molecule is O=C(SCc1ccc(Cl)cc1)C1CCCCCN1. The summed E-state index contributed by atoms with van der Waals surface area (Å²) in [6.07, 6.45) is 4.56. The lowest BCUT2D eigenvalue weighted by atomic mass is 10.1. The Labute approximate surface area is 117 Å². The van der Waals surface area contributed by atoms with Gasteiger partial charge in [-0.15, -0.1) is 0 Å². The topological polar surface area (TPSA) is 29.1 Å². The van der Waals surface area contributed by atoms with E-state index in [1.807, 2.05) is 24.3 Å². The fraction of sp³-hybridized carbons (Fsp3) is 0.500. The van der Waals surface area contributed by atoms with Crippen molar-refractivity contribution in [3.05, 3.63) is 34.9 Å². The maximum atomic E-state index is 12.1. The van der Waals surface area contributed by atoms with E-state index in [0.717, 1.165) is 35.7 Å². The molecule has 1 saturated heterocycles. The van der Waals surface area contributed by atoms with Crippen molar-refractivity contribution in [3.63, 3.8) is 0 Å². The zero-order chi connectivity index (χ0) is 12.8. The van der Waals surface area contributed by atoms with Crippen molar-refractivity contribution >= 4 is 28.5 Å². The first-order chi connectivity index (χ1) is 8.75. The van der Waals surface area contributed by atoms with E-state index in [1.54, 1.807) is 0 Å². The number of hydrogen-bond donors (Lipinski definition) is 1. The zero-order valence-electron chi connectivity index (χ0n) is 10.3. The van der Waals surface area contributed by atoms with Crippen LogP contribution in [0.15, 0.2) is 24.3 Å². The molecule has 1 N–H and O–H groups in total. The summed E-state index contributed by atoms with van der Waals surface area (Å²) < 4.78 is 0. The van der Waals surface area contributed by atoms with Gasteiger partial charge in [0.1, 0.15) is 0 Å². The van der Waals surface area contributed by atoms with E-state index in [2.05, 4.69) is 5.32 Å². The van der Waals surface area contributed by atoms with E-state index >= 15 is 0 Å². The summed E-state index contributed by atoms with van der Waals surface area (Å²) in [4.78, 5) is 12.1. The normalized spacial score (nSPS) is 20.4. The van der Waals surface area contributed by atoms with Crippen molar-refractivity contribution in [3.8, 4) is 0 Å². The molecule has 1 heterocycles. The average molecular weight is 284 g/mol. The minimum absolute atomic E-state index is 0.0461. The van der Waals surface area contributed by atoms with Crippen molar-refractivity contribution in [1.29, 1.82) is 0 Å². The molecule has 4 heteroatoms. The van der Waals surface area contributed by atoms with Crippen molar-refractivity contribution < 1.29 is 4.79 Å². The third kappa shape index (κ3) is 4.30. The molecule has 1 atom stereocenters. The van der Waals surface area contributed by atoms with Crippen molar-refractivity contribution in [2.45, 2.75) is 37.5 Å². The summed E-state index contributed by atoms with van der Waals surface area (Å²) >= 11 is 7.24. The second-order valence-electron chi connectivity index (χ2n) is 4.59. The molecule has 0 aliphatic carbocycles. The largest absolute Gasteiger partial charge is 0.307 e. The van der Waals surface area contributed by atoms with Gasteiger partial charge in [0.15, 0.2) is 0 Å². The Hall–Kier alpha value is -0.510. The van der Waals surface area contributed by atoms with E-state index in [1.165, 1.54) is 24.6 Å². The highest BCUT2D eigenvalue weighted by atomic mass is 35.5. The van der Waals surface area contributed by atoms with Gasteiger partial charge in [-0.05, 0) is 37.1 Å². The predicted molar refractivity (Wildman–Crippen MR) is 78.0 cm³/mol. The monoisotopic (exact) mass is 283 g/mol. The van der Waals surface area contributed by atoms with Gasteiger partial charge in [0.25, 0.3) is 0 Å². The summed E-state index contributed by atoms with van der Waals surface area (Å²) in [5.41, 5.74) is 1.14. The maximum absolute atomic E-state index is 12.1. The molecule has 1 aromatic carbocycles. The lowest BCUT2D eigenvalue weighted by Crippen LogP contribution is -2.34. The summed E-state index contributed by atoms with van der Waals surface area (Å²) in [6.45, 7) is 0.970. The molecule has 1 unspecified atom stereocenters. The van der Waals surface area contributed by atoms with E-state index in [0.29, 0.717) is 0 Å². The Morgan fingerprint density at radius 3 is 2.83 bits per heavy atom. The molecule has 98 valence electrons. The number of hydrogen-bond acceptors (Lipinski definition) is 3. The fourth-order valence-corrected chi connectivity index (χ4v) is 3.10. The molecule has 1 aromatic rings. The van der Waals surface area contributed by atoms with E-state index in [9.17, 15) is 4.79 Å². The quantitative estimate of drug-likeness (QED) is 0.918. The van der Waals surface area contributed by atoms with Gasteiger partial charge in [-0.1, -0.05) is 48.3 Å². The maximum Gasteiger partial charge on any atom is 0.206 e. The molecule has 0 spiro atoms. The number of carbonyl (C=O) groups excluding carboxylic acids is 1. The second kappa shape index (κ2) is 7.17. The molecule has 2 rings (SSSR count). The lowest BCUT2D eigenvalue weighted by molar-refractivity contribution is -0.112. The second-order valence-corrected chi connectivity index (χ2v) is 6.01. The van der Waals surface area contributed by atoms with Crippen LogP contribution in [0.1, 0.15) is 31.2 Å². The predicted octanol–water partition coefficient (Wildman–Crippen LogP) is 3.63. The highest BCUT2D eigenvalue weighted by Crippen LogP contribution is 2.20. The molecule has 0 amide bonds. The van der Waals surface area contributed by atoms with Gasteiger partial charge in [-0.3, -0.25) is 4.79 Å². The molecule has 0 aromatic heterocycles. The Morgan fingerprint density at radius 2 is 2.06 bits per heavy atom. The zero-order valence-corrected chi connectivity index (χ0v) is 11.9. The number of rotatable bonds is 3. The number of halogens is 1. The van der Waals surface area contributed by atoms with Gasteiger partial charge in [0.05, 0.1) is 6.04 Å². The molecule has 1 fully saturated rings. The van der Waals surface area contributed by atoms with Gasteiger partial charge in [-0.2, -0.15) is 0 Å². The molecule has 1 aliphatic heterocycles. The smallest absolute Gasteiger partial charge is 0.206 e. The van der Waals surface area contributed by atoms with Crippen molar-refractivity contribution in [2.75, 3.05) is 6.54 Å². The first kappa shape index (κ1) is 13.9. The van der Waals surface area contributed by atoms with E-state index in [4.69, 9.17) is 11.6 Å².